The van der Waals surface area contributed by atoms with Crippen molar-refractivity contribution in [1.29, 1.82) is 0 Å². The first-order valence-electron chi connectivity index (χ1n) is 0. The van der Waals surface area contributed by atoms with Crippen molar-refractivity contribution in [2.24, 2.45) is 0 Å². The zero-order chi connectivity index (χ0) is 0. The molecule has 0 aliphatic rings. The molecule has 0 aliphatic heterocycles. The smallest absolute Gasteiger partial charge is 0 e. The summed E-state index contributed by atoms with van der Waals surface area (Å²) in [4.78, 5) is 0. The SMILES string of the molecule is [Co].[Fe].[Gd].[Mn].[Ni].[Pd].[Zn]. The van der Waals surface area contributed by atoms with E-state index in [0.29, 0.717) is 0 Å². The molecule has 7 heteroatoms. The van der Waals surface area contributed by atoms with Gasteiger partial charge < -0.3 is 0 Å². The molecular formula is CoFeGdMnNiPdZn. The van der Waals surface area contributed by atoms with Crippen molar-refractivity contribution in [3.8, 4) is 0 Å². The van der Waals surface area contributed by atoms with Crippen LogP contribution in [0.3, 0.4) is 0 Å². The summed E-state index contributed by atoms with van der Waals surface area (Å²) in [6.45, 7) is 0. The minimum Gasteiger partial charge on any atom is 0 e. The molecule has 54 valence electrons. The van der Waals surface area contributed by atoms with Crippen LogP contribution in [0.15, 0.2) is 0 Å². The summed E-state index contributed by atoms with van der Waals surface area (Å²) < 4.78 is 0. The molecule has 0 saturated heterocycles. The van der Waals surface area contributed by atoms with Crippen LogP contribution in [0.25, 0.3) is 0 Å². The third-order valence-electron chi connectivity index (χ3n) is 0. The Balaban J connectivity index is 0. The maximum absolute atomic E-state index is 0. The molecule has 0 aromatic carbocycles. The molecule has 0 heterocycles. The summed E-state index contributed by atoms with van der Waals surface area (Å²) in [5, 5.41) is 0. The molecule has 0 unspecified atom stereocenters. The normalized spacial score (nSPS) is 0. The van der Waals surface area contributed by atoms with Gasteiger partial charge in [0.15, 0.2) is 0 Å². The van der Waals surface area contributed by atoms with Crippen LogP contribution in [0.2, 0.25) is 0 Å². The van der Waals surface area contributed by atoms with E-state index in [1.807, 2.05) is 0 Å². The molecule has 0 bridgehead atoms. The Labute approximate surface area is 144 Å². The van der Waals surface area contributed by atoms with E-state index in [2.05, 4.69) is 0 Å². The monoisotopic (exact) mass is 555 g/mol. The maximum atomic E-state index is 0. The van der Waals surface area contributed by atoms with Gasteiger partial charge in [0.2, 0.25) is 0 Å². The summed E-state index contributed by atoms with van der Waals surface area (Å²) >= 11 is 0. The van der Waals surface area contributed by atoms with Crippen molar-refractivity contribution in [1.82, 2.24) is 0 Å². The first-order valence-corrected chi connectivity index (χ1v) is 0. The Hall–Kier alpha value is 4.65. The van der Waals surface area contributed by atoms with Crippen LogP contribution in [-0.4, -0.2) is 0 Å². The first-order chi connectivity index (χ1) is 0. The molecule has 0 atom stereocenters. The van der Waals surface area contributed by atoms with E-state index in [-0.39, 0.29) is 147 Å². The second-order valence-electron chi connectivity index (χ2n) is 0. The topological polar surface area (TPSA) is 0 Å². The molecular weight excluding hydrogens is 557 g/mol. The van der Waals surface area contributed by atoms with Gasteiger partial charge in [-0.05, 0) is 0 Å². The standard InChI is InChI=1S/Co.Fe.Gd.Mn.Ni.Pd.Zn. The largest absolute Gasteiger partial charge is 0 e. The van der Waals surface area contributed by atoms with Crippen LogP contribution >= 0.6 is 0 Å². The maximum Gasteiger partial charge on any atom is 0 e. The quantitative estimate of drug-likeness (QED) is 0.368. The molecule has 7 heavy (non-hydrogen) atoms. The summed E-state index contributed by atoms with van der Waals surface area (Å²) in [5.41, 5.74) is 0. The molecule has 0 N–H and O–H groups in total. The van der Waals surface area contributed by atoms with Crippen molar-refractivity contribution in [3.63, 3.8) is 0 Å². The van der Waals surface area contributed by atoms with Gasteiger partial charge in [0, 0.05) is 147 Å². The van der Waals surface area contributed by atoms with Crippen molar-refractivity contribution in [2.75, 3.05) is 0 Å². The number of hydrogen-bond donors (Lipinski definition) is 0. The Bertz CT molecular complexity index is 19.7. The second kappa shape index (κ2) is 45.9. The Morgan fingerprint density at radius 2 is 1.00 bits per heavy atom. The van der Waals surface area contributed by atoms with E-state index >= 15 is 0 Å². The minimum atomic E-state index is 0. The molecule has 0 fully saturated rings. The Morgan fingerprint density at radius 1 is 1.00 bits per heavy atom. The fourth-order valence-corrected chi connectivity index (χ4v) is 0. The fourth-order valence-electron chi connectivity index (χ4n) is 0. The molecule has 0 rings (SSSR count). The average Bonchev–Trinajstić information content (AvgIpc) is 0. The zero-order valence-electron chi connectivity index (χ0n) is 2.76. The Kier molecular flexibility index (Phi) is 400. The van der Waals surface area contributed by atoms with Gasteiger partial charge in [0.05, 0.1) is 0 Å². The van der Waals surface area contributed by atoms with Crippen molar-refractivity contribution < 1.29 is 147 Å². The van der Waals surface area contributed by atoms with Crippen LogP contribution in [0.5, 0.6) is 0 Å². The second-order valence-corrected chi connectivity index (χ2v) is 0. The Morgan fingerprint density at radius 3 is 1.00 bits per heavy atom. The van der Waals surface area contributed by atoms with Gasteiger partial charge in [-0.3, -0.25) is 0 Å². The third-order valence-corrected chi connectivity index (χ3v) is 0. The number of hydrogen-bond acceptors (Lipinski definition) is 0. The van der Waals surface area contributed by atoms with Crippen molar-refractivity contribution in [2.45, 2.75) is 0 Å². The van der Waals surface area contributed by atoms with Crippen LogP contribution in [0.1, 0.15) is 0 Å². The number of rotatable bonds is 0. The molecule has 2 radical (unpaired) electrons. The van der Waals surface area contributed by atoms with E-state index in [1.165, 1.54) is 0 Å². The van der Waals surface area contributed by atoms with Crippen LogP contribution in [0, 0.1) is 39.9 Å². The molecule has 0 amide bonds. The van der Waals surface area contributed by atoms with Crippen molar-refractivity contribution >= 4 is 0 Å². The van der Waals surface area contributed by atoms with Crippen molar-refractivity contribution in [3.05, 3.63) is 0 Å². The summed E-state index contributed by atoms with van der Waals surface area (Å²) in [5.74, 6) is 0. The van der Waals surface area contributed by atoms with Gasteiger partial charge in [0.1, 0.15) is 0 Å². The van der Waals surface area contributed by atoms with E-state index < -0.39 is 0 Å². The molecule has 0 aromatic heterocycles. The fraction of sp³-hybridized carbons (Fsp3) is 0. The van der Waals surface area contributed by atoms with E-state index in [1.54, 1.807) is 0 Å². The van der Waals surface area contributed by atoms with Crippen LogP contribution in [0.4, 0.5) is 0 Å². The van der Waals surface area contributed by atoms with Gasteiger partial charge in [-0.2, -0.15) is 0 Å². The summed E-state index contributed by atoms with van der Waals surface area (Å²) in [6.07, 6.45) is 0. The van der Waals surface area contributed by atoms with E-state index in [4.69, 9.17) is 0 Å². The van der Waals surface area contributed by atoms with Gasteiger partial charge in [-0.1, -0.05) is 0 Å². The molecule has 0 aromatic rings. The van der Waals surface area contributed by atoms with Gasteiger partial charge >= 0.3 is 0 Å². The zero-order valence-corrected chi connectivity index (χ0v) is 13.9. The van der Waals surface area contributed by atoms with E-state index in [9.17, 15) is 0 Å². The molecule has 0 nitrogen and oxygen atoms in total. The summed E-state index contributed by atoms with van der Waals surface area (Å²) in [7, 11) is 0. The average molecular weight is 557 g/mol. The molecule has 0 spiro atoms. The molecule has 0 saturated carbocycles. The minimum absolute atomic E-state index is 0. The van der Waals surface area contributed by atoms with Crippen LogP contribution in [-0.2, 0) is 107 Å². The van der Waals surface area contributed by atoms with Crippen LogP contribution < -0.4 is 0 Å². The van der Waals surface area contributed by atoms with Gasteiger partial charge in [-0.15, -0.1) is 0 Å². The molecule has 0 aliphatic carbocycles. The predicted molar refractivity (Wildman–Crippen MR) is 0 cm³/mol. The summed E-state index contributed by atoms with van der Waals surface area (Å²) in [6, 6.07) is 0. The van der Waals surface area contributed by atoms with Gasteiger partial charge in [-0.25, -0.2) is 0 Å². The van der Waals surface area contributed by atoms with E-state index in [0.717, 1.165) is 0 Å². The first kappa shape index (κ1) is 61.1. The third kappa shape index (κ3) is 36.9. The predicted octanol–water partition coefficient (Wildman–Crippen LogP) is -0.0150. The van der Waals surface area contributed by atoms with Gasteiger partial charge in [0.25, 0.3) is 0 Å².